The van der Waals surface area contributed by atoms with Crippen LogP contribution < -0.4 is 14.4 Å². The number of halogens is 1. The molecule has 4 nitrogen and oxygen atoms in total. The second-order valence-electron chi connectivity index (χ2n) is 4.52. The summed E-state index contributed by atoms with van der Waals surface area (Å²) in [5.74, 6) is 1.18. The first kappa shape index (κ1) is 14.2. The molecule has 110 valence electrons. The molecule has 0 unspecified atom stereocenters. The molecule has 1 aliphatic heterocycles. The van der Waals surface area contributed by atoms with E-state index in [4.69, 9.17) is 21.1 Å². The maximum atomic E-state index is 12.1. The van der Waals surface area contributed by atoms with E-state index in [2.05, 4.69) is 0 Å². The number of ether oxygens (including phenoxy) is 2. The van der Waals surface area contributed by atoms with E-state index in [1.165, 1.54) is 0 Å². The summed E-state index contributed by atoms with van der Waals surface area (Å²) in [5.41, 5.74) is 0.762. The van der Waals surface area contributed by atoms with Gasteiger partial charge in [-0.3, -0.25) is 4.79 Å². The average molecular weight is 324 g/mol. The van der Waals surface area contributed by atoms with Crippen molar-refractivity contribution in [3.8, 4) is 11.5 Å². The molecule has 6 heteroatoms. The fourth-order valence-electron chi connectivity index (χ4n) is 2.15. The van der Waals surface area contributed by atoms with Gasteiger partial charge < -0.3 is 14.4 Å². The zero-order chi connectivity index (χ0) is 14.7. The van der Waals surface area contributed by atoms with Gasteiger partial charge in [-0.2, -0.15) is 0 Å². The van der Waals surface area contributed by atoms with Gasteiger partial charge in [-0.05, 0) is 23.6 Å². The van der Waals surface area contributed by atoms with E-state index in [1.807, 2.05) is 35.7 Å². The molecule has 0 bridgehead atoms. The van der Waals surface area contributed by atoms with Crippen LogP contribution in [0.25, 0.3) is 0 Å². The first-order valence-corrected chi connectivity index (χ1v) is 7.97. The fraction of sp³-hybridized carbons (Fsp3) is 0.267. The quantitative estimate of drug-likeness (QED) is 0.810. The van der Waals surface area contributed by atoms with Crippen molar-refractivity contribution in [2.24, 2.45) is 0 Å². The maximum absolute atomic E-state index is 12.1. The van der Waals surface area contributed by atoms with Crippen molar-refractivity contribution in [2.75, 3.05) is 24.0 Å². The molecule has 0 fully saturated rings. The van der Waals surface area contributed by atoms with E-state index < -0.39 is 0 Å². The molecule has 2 aromatic rings. The number of fused-ring (bicyclic) bond motifs is 1. The molecular weight excluding hydrogens is 310 g/mol. The highest BCUT2D eigenvalue weighted by Crippen LogP contribution is 2.34. The summed E-state index contributed by atoms with van der Waals surface area (Å²) in [6.45, 7) is 1.57. The molecule has 0 radical (unpaired) electrons. The lowest BCUT2D eigenvalue weighted by Gasteiger charge is -2.24. The first-order chi connectivity index (χ1) is 10.3. The van der Waals surface area contributed by atoms with E-state index >= 15 is 0 Å². The van der Waals surface area contributed by atoms with Crippen molar-refractivity contribution in [3.63, 3.8) is 0 Å². The molecule has 1 aromatic heterocycles. The molecule has 21 heavy (non-hydrogen) atoms. The second-order valence-corrected chi connectivity index (χ2v) is 5.82. The van der Waals surface area contributed by atoms with Crippen LogP contribution in [0.1, 0.15) is 4.88 Å². The van der Waals surface area contributed by atoms with E-state index in [-0.39, 0.29) is 11.8 Å². The highest BCUT2D eigenvalue weighted by Gasteiger charge is 2.19. The maximum Gasteiger partial charge on any atom is 0.242 e. The highest BCUT2D eigenvalue weighted by molar-refractivity contribution is 7.09. The van der Waals surface area contributed by atoms with Crippen molar-refractivity contribution in [2.45, 2.75) is 6.54 Å². The highest BCUT2D eigenvalue weighted by atomic mass is 35.5. The molecule has 0 saturated carbocycles. The molecule has 1 amide bonds. The lowest BCUT2D eigenvalue weighted by molar-refractivity contribution is -0.116. The molecule has 0 N–H and O–H groups in total. The summed E-state index contributed by atoms with van der Waals surface area (Å²) >= 11 is 7.35. The van der Waals surface area contributed by atoms with Crippen LogP contribution in [0, 0.1) is 0 Å². The van der Waals surface area contributed by atoms with Crippen LogP contribution in [0.15, 0.2) is 35.7 Å². The van der Waals surface area contributed by atoms with Gasteiger partial charge in [-0.1, -0.05) is 6.07 Å². The standard InChI is InChI=1S/C15H14ClNO3S/c16-9-15(18)17(10-12-2-1-7-21-12)11-3-4-13-14(8-11)20-6-5-19-13/h1-4,7-8H,5-6,9-10H2. The van der Waals surface area contributed by atoms with Crippen molar-refractivity contribution in [1.82, 2.24) is 0 Å². The largest absolute Gasteiger partial charge is 0.486 e. The zero-order valence-corrected chi connectivity index (χ0v) is 12.8. The Balaban J connectivity index is 1.90. The SMILES string of the molecule is O=C(CCl)N(Cc1cccs1)c1ccc2c(c1)OCCO2. The Morgan fingerprint density at radius 1 is 1.24 bits per heavy atom. The van der Waals surface area contributed by atoms with Crippen molar-refractivity contribution in [3.05, 3.63) is 40.6 Å². The van der Waals surface area contributed by atoms with Gasteiger partial charge in [0.05, 0.1) is 6.54 Å². The van der Waals surface area contributed by atoms with Crippen molar-refractivity contribution >= 4 is 34.5 Å². The van der Waals surface area contributed by atoms with Gasteiger partial charge in [0.15, 0.2) is 11.5 Å². The van der Waals surface area contributed by atoms with Crippen molar-refractivity contribution < 1.29 is 14.3 Å². The molecule has 0 saturated heterocycles. The Hall–Kier alpha value is -1.72. The molecule has 0 aliphatic carbocycles. The van der Waals surface area contributed by atoms with E-state index in [0.29, 0.717) is 31.3 Å². The number of carbonyl (C=O) groups excluding carboxylic acids is 1. The van der Waals surface area contributed by atoms with E-state index in [9.17, 15) is 4.79 Å². The van der Waals surface area contributed by atoms with Crippen molar-refractivity contribution in [1.29, 1.82) is 0 Å². The minimum Gasteiger partial charge on any atom is -0.486 e. The topological polar surface area (TPSA) is 38.8 Å². The molecule has 2 heterocycles. The first-order valence-electron chi connectivity index (χ1n) is 6.56. The smallest absolute Gasteiger partial charge is 0.242 e. The number of benzene rings is 1. The van der Waals surface area contributed by atoms with Crippen LogP contribution in [0.3, 0.4) is 0 Å². The Kier molecular flexibility index (Phi) is 4.31. The average Bonchev–Trinajstić information content (AvgIpc) is 3.04. The van der Waals surface area contributed by atoms with Gasteiger partial charge in [0.2, 0.25) is 5.91 Å². The number of rotatable bonds is 4. The van der Waals surface area contributed by atoms with Crippen LogP contribution in [0.2, 0.25) is 0 Å². The number of anilines is 1. The number of amides is 1. The molecular formula is C15H14ClNO3S. The van der Waals surface area contributed by atoms with Crippen LogP contribution in [-0.2, 0) is 11.3 Å². The number of hydrogen-bond acceptors (Lipinski definition) is 4. The second kappa shape index (κ2) is 6.37. The predicted molar refractivity (Wildman–Crippen MR) is 83.7 cm³/mol. The van der Waals surface area contributed by atoms with Crippen LogP contribution in [-0.4, -0.2) is 25.0 Å². The van der Waals surface area contributed by atoms with E-state index in [0.717, 1.165) is 10.6 Å². The number of alkyl halides is 1. The van der Waals surface area contributed by atoms with E-state index in [1.54, 1.807) is 16.2 Å². The third-order valence-electron chi connectivity index (χ3n) is 3.15. The molecule has 1 aliphatic rings. The lowest BCUT2D eigenvalue weighted by Crippen LogP contribution is -2.31. The lowest BCUT2D eigenvalue weighted by atomic mass is 10.2. The van der Waals surface area contributed by atoms with Crippen LogP contribution in [0.4, 0.5) is 5.69 Å². The van der Waals surface area contributed by atoms with Gasteiger partial charge in [-0.15, -0.1) is 22.9 Å². The van der Waals surface area contributed by atoms with Gasteiger partial charge in [0.25, 0.3) is 0 Å². The Morgan fingerprint density at radius 2 is 2.05 bits per heavy atom. The Morgan fingerprint density at radius 3 is 2.76 bits per heavy atom. The predicted octanol–water partition coefficient (Wildman–Crippen LogP) is 3.29. The third kappa shape index (κ3) is 3.14. The van der Waals surface area contributed by atoms with Gasteiger partial charge in [0, 0.05) is 16.6 Å². The normalized spacial score (nSPS) is 13.0. The summed E-state index contributed by atoms with van der Waals surface area (Å²) in [5, 5.41) is 1.99. The fourth-order valence-corrected chi connectivity index (χ4v) is 2.99. The summed E-state index contributed by atoms with van der Waals surface area (Å²) < 4.78 is 11.1. The van der Waals surface area contributed by atoms with Gasteiger partial charge in [-0.25, -0.2) is 0 Å². The number of thiophene rings is 1. The zero-order valence-electron chi connectivity index (χ0n) is 11.3. The minimum atomic E-state index is -0.137. The number of hydrogen-bond donors (Lipinski definition) is 0. The Labute approximate surface area is 131 Å². The summed E-state index contributed by atoms with van der Waals surface area (Å²) in [6, 6.07) is 9.47. The molecule has 0 spiro atoms. The summed E-state index contributed by atoms with van der Waals surface area (Å²) in [4.78, 5) is 14.9. The number of nitrogens with zero attached hydrogens (tertiary/aromatic N) is 1. The molecule has 1 aromatic carbocycles. The minimum absolute atomic E-state index is 0.0557. The summed E-state index contributed by atoms with van der Waals surface area (Å²) in [6.07, 6.45) is 0. The Bertz CT molecular complexity index is 630. The van der Waals surface area contributed by atoms with Crippen LogP contribution >= 0.6 is 22.9 Å². The third-order valence-corrected chi connectivity index (χ3v) is 4.24. The molecule has 0 atom stereocenters. The van der Waals surface area contributed by atoms with Gasteiger partial charge in [0.1, 0.15) is 19.1 Å². The van der Waals surface area contributed by atoms with Gasteiger partial charge >= 0.3 is 0 Å². The molecule has 3 rings (SSSR count). The number of carbonyl (C=O) groups is 1. The summed E-state index contributed by atoms with van der Waals surface area (Å²) in [7, 11) is 0. The van der Waals surface area contributed by atoms with Crippen LogP contribution in [0.5, 0.6) is 11.5 Å². The monoisotopic (exact) mass is 323 g/mol.